The Bertz CT molecular complexity index is 705. The van der Waals surface area contributed by atoms with Crippen molar-refractivity contribution in [3.8, 4) is 10.6 Å². The predicted molar refractivity (Wildman–Crippen MR) is 72.0 cm³/mol. The number of hydrogen-bond acceptors (Lipinski definition) is 6. The van der Waals surface area contributed by atoms with Gasteiger partial charge in [0.05, 0.1) is 17.6 Å². The fourth-order valence-corrected chi connectivity index (χ4v) is 2.90. The van der Waals surface area contributed by atoms with Crippen molar-refractivity contribution in [1.82, 2.24) is 4.98 Å². The fraction of sp³-hybridized carbons (Fsp3) is 0.167. The van der Waals surface area contributed by atoms with Crippen LogP contribution in [0, 0.1) is 0 Å². The molecule has 0 aliphatic rings. The number of aromatic nitrogens is 1. The molecule has 19 heavy (non-hydrogen) atoms. The molecule has 5 nitrogen and oxygen atoms in total. The van der Waals surface area contributed by atoms with E-state index in [-0.39, 0.29) is 10.5 Å². The third kappa shape index (κ3) is 2.82. The number of methoxy groups -OCH3 is 1. The van der Waals surface area contributed by atoms with Gasteiger partial charge in [0.25, 0.3) is 0 Å². The van der Waals surface area contributed by atoms with Gasteiger partial charge < -0.3 is 4.74 Å². The van der Waals surface area contributed by atoms with E-state index in [0.717, 1.165) is 6.26 Å². The monoisotopic (exact) mass is 297 g/mol. The van der Waals surface area contributed by atoms with Gasteiger partial charge in [-0.3, -0.25) is 0 Å². The smallest absolute Gasteiger partial charge is 0.338 e. The maximum Gasteiger partial charge on any atom is 0.338 e. The molecule has 1 aromatic heterocycles. The van der Waals surface area contributed by atoms with Crippen LogP contribution >= 0.6 is 11.3 Å². The minimum absolute atomic E-state index is 0.0770. The first kappa shape index (κ1) is 13.7. The lowest BCUT2D eigenvalue weighted by Crippen LogP contribution is -2.06. The van der Waals surface area contributed by atoms with Crippen molar-refractivity contribution in [2.45, 2.75) is 4.90 Å². The van der Waals surface area contributed by atoms with Gasteiger partial charge >= 0.3 is 5.97 Å². The molecule has 0 radical (unpaired) electrons. The molecule has 2 aromatic rings. The van der Waals surface area contributed by atoms with Gasteiger partial charge in [0.15, 0.2) is 9.84 Å². The second-order valence-electron chi connectivity index (χ2n) is 3.81. The van der Waals surface area contributed by atoms with E-state index in [1.807, 2.05) is 0 Å². The topological polar surface area (TPSA) is 73.3 Å². The molecule has 0 aliphatic heterocycles. The highest BCUT2D eigenvalue weighted by Gasteiger charge is 2.18. The van der Waals surface area contributed by atoms with Crippen LogP contribution < -0.4 is 0 Å². The van der Waals surface area contributed by atoms with Crippen LogP contribution in [0.3, 0.4) is 0 Å². The molecule has 0 saturated heterocycles. The summed E-state index contributed by atoms with van der Waals surface area (Å²) >= 11 is 1.36. The van der Waals surface area contributed by atoms with Crippen molar-refractivity contribution in [2.24, 2.45) is 0 Å². The van der Waals surface area contributed by atoms with Crippen molar-refractivity contribution < 1.29 is 17.9 Å². The molecular weight excluding hydrogens is 286 g/mol. The largest absolute Gasteiger partial charge is 0.465 e. The number of benzene rings is 1. The second-order valence-corrected chi connectivity index (χ2v) is 6.72. The van der Waals surface area contributed by atoms with Crippen LogP contribution in [0.5, 0.6) is 0 Å². The zero-order valence-electron chi connectivity index (χ0n) is 10.3. The summed E-state index contributed by atoms with van der Waals surface area (Å²) < 4.78 is 27.7. The molecule has 0 N–H and O–H groups in total. The molecular formula is C12H11NO4S2. The summed E-state index contributed by atoms with van der Waals surface area (Å²) in [7, 11) is -2.13. The quantitative estimate of drug-likeness (QED) is 0.810. The second kappa shape index (κ2) is 5.10. The van der Waals surface area contributed by atoms with Crippen molar-refractivity contribution in [3.05, 3.63) is 35.3 Å². The number of thiazole rings is 1. The maximum atomic E-state index is 11.8. The molecule has 0 bridgehead atoms. The lowest BCUT2D eigenvalue weighted by molar-refractivity contribution is 0.0601. The summed E-state index contributed by atoms with van der Waals surface area (Å²) in [5.41, 5.74) is 0.759. The van der Waals surface area contributed by atoms with Crippen LogP contribution in [0.2, 0.25) is 0 Å². The Balaban J connectivity index is 2.66. The van der Waals surface area contributed by atoms with Crippen LogP contribution in [0.1, 0.15) is 10.4 Å². The Morgan fingerprint density at radius 2 is 2.11 bits per heavy atom. The third-order valence-electron chi connectivity index (χ3n) is 2.49. The summed E-state index contributed by atoms with van der Waals surface area (Å²) in [6.07, 6.45) is 2.71. The van der Waals surface area contributed by atoms with Crippen LogP contribution in [0.15, 0.2) is 34.7 Å². The van der Waals surface area contributed by atoms with Gasteiger partial charge in [-0.05, 0) is 18.2 Å². The molecule has 0 aliphatic carbocycles. The first-order valence-electron chi connectivity index (χ1n) is 5.26. The van der Waals surface area contributed by atoms with E-state index in [1.54, 1.807) is 17.6 Å². The minimum Gasteiger partial charge on any atom is -0.465 e. The lowest BCUT2D eigenvalue weighted by Gasteiger charge is -2.07. The highest BCUT2D eigenvalue weighted by Crippen LogP contribution is 2.28. The molecule has 100 valence electrons. The molecule has 0 atom stereocenters. The molecule has 0 fully saturated rings. The van der Waals surface area contributed by atoms with E-state index >= 15 is 0 Å². The van der Waals surface area contributed by atoms with E-state index in [4.69, 9.17) is 0 Å². The minimum atomic E-state index is -3.38. The average molecular weight is 297 g/mol. The lowest BCUT2D eigenvalue weighted by atomic mass is 10.1. The van der Waals surface area contributed by atoms with E-state index in [2.05, 4.69) is 9.72 Å². The Morgan fingerprint density at radius 1 is 1.37 bits per heavy atom. The zero-order chi connectivity index (χ0) is 14.0. The van der Waals surface area contributed by atoms with Gasteiger partial charge in [0, 0.05) is 23.4 Å². The first-order chi connectivity index (χ1) is 8.93. The van der Waals surface area contributed by atoms with E-state index in [0.29, 0.717) is 10.6 Å². The third-order valence-corrected chi connectivity index (χ3v) is 4.40. The van der Waals surface area contributed by atoms with Crippen LogP contribution in [0.25, 0.3) is 10.6 Å². The van der Waals surface area contributed by atoms with Crippen molar-refractivity contribution in [3.63, 3.8) is 0 Å². The number of nitrogens with zero attached hydrogens (tertiary/aromatic N) is 1. The van der Waals surface area contributed by atoms with E-state index in [1.165, 1.54) is 30.6 Å². The van der Waals surface area contributed by atoms with E-state index in [9.17, 15) is 13.2 Å². The Hall–Kier alpha value is -1.73. The average Bonchev–Trinajstić information content (AvgIpc) is 2.89. The number of rotatable bonds is 3. The zero-order valence-corrected chi connectivity index (χ0v) is 11.9. The van der Waals surface area contributed by atoms with Crippen LogP contribution in [0.4, 0.5) is 0 Å². The van der Waals surface area contributed by atoms with Crippen molar-refractivity contribution >= 4 is 27.1 Å². The summed E-state index contributed by atoms with van der Waals surface area (Å²) in [5, 5.41) is 2.42. The molecule has 1 heterocycles. The number of carbonyl (C=O) groups is 1. The molecule has 0 saturated carbocycles. The standard InChI is InChI=1S/C12H11NO4S2/c1-17-12(14)10-7-8(19(2,15)16)3-4-9(10)11-13-5-6-18-11/h3-7H,1-2H3. The Labute approximate surface area is 114 Å². The van der Waals surface area contributed by atoms with Gasteiger partial charge in [0.1, 0.15) is 5.01 Å². The van der Waals surface area contributed by atoms with Gasteiger partial charge in [-0.25, -0.2) is 18.2 Å². The molecule has 1 aromatic carbocycles. The number of ether oxygens (including phenoxy) is 1. The SMILES string of the molecule is COC(=O)c1cc(S(C)(=O)=O)ccc1-c1nccs1. The number of sulfone groups is 1. The molecule has 0 spiro atoms. The molecule has 0 amide bonds. The Morgan fingerprint density at radius 3 is 2.63 bits per heavy atom. The summed E-state index contributed by atoms with van der Waals surface area (Å²) in [5.74, 6) is -0.587. The van der Waals surface area contributed by atoms with Crippen LogP contribution in [-0.4, -0.2) is 32.7 Å². The first-order valence-corrected chi connectivity index (χ1v) is 8.03. The fourth-order valence-electron chi connectivity index (χ4n) is 1.58. The molecule has 2 rings (SSSR count). The normalized spacial score (nSPS) is 11.3. The Kier molecular flexibility index (Phi) is 3.68. The van der Waals surface area contributed by atoms with Crippen molar-refractivity contribution in [1.29, 1.82) is 0 Å². The highest BCUT2D eigenvalue weighted by atomic mass is 32.2. The van der Waals surface area contributed by atoms with Crippen LogP contribution in [-0.2, 0) is 14.6 Å². The predicted octanol–water partition coefficient (Wildman–Crippen LogP) is 2.00. The number of esters is 1. The van der Waals surface area contributed by atoms with Gasteiger partial charge in [0.2, 0.25) is 0 Å². The van der Waals surface area contributed by atoms with E-state index < -0.39 is 15.8 Å². The molecule has 7 heteroatoms. The van der Waals surface area contributed by atoms with Gasteiger partial charge in [-0.2, -0.15) is 0 Å². The summed E-state index contributed by atoms with van der Waals surface area (Å²) in [6.45, 7) is 0. The van der Waals surface area contributed by atoms with Gasteiger partial charge in [-0.15, -0.1) is 11.3 Å². The van der Waals surface area contributed by atoms with Crippen molar-refractivity contribution in [2.75, 3.05) is 13.4 Å². The summed E-state index contributed by atoms with van der Waals surface area (Å²) in [6, 6.07) is 4.35. The van der Waals surface area contributed by atoms with Gasteiger partial charge in [-0.1, -0.05) is 0 Å². The molecule has 0 unspecified atom stereocenters. The highest BCUT2D eigenvalue weighted by molar-refractivity contribution is 7.90. The summed E-state index contributed by atoms with van der Waals surface area (Å²) in [4.78, 5) is 16.0. The number of carbonyl (C=O) groups excluding carboxylic acids is 1. The number of hydrogen-bond donors (Lipinski definition) is 0. The maximum absolute atomic E-state index is 11.8.